The van der Waals surface area contributed by atoms with Crippen molar-refractivity contribution in [1.82, 2.24) is 10.2 Å². The van der Waals surface area contributed by atoms with Gasteiger partial charge in [0.2, 0.25) is 0 Å². The van der Waals surface area contributed by atoms with Crippen molar-refractivity contribution in [3.8, 4) is 5.75 Å². The Morgan fingerprint density at radius 1 is 1.42 bits per heavy atom. The number of esters is 1. The highest BCUT2D eigenvalue weighted by atomic mass is 127. The molecule has 1 aromatic rings. The second-order valence-corrected chi connectivity index (χ2v) is 6.24. The van der Waals surface area contributed by atoms with Crippen LogP contribution in [0.3, 0.4) is 0 Å². The third-order valence-electron chi connectivity index (χ3n) is 4.48. The maximum Gasteiger partial charge on any atom is 0.310 e. The van der Waals surface area contributed by atoms with Crippen LogP contribution in [-0.4, -0.2) is 50.7 Å². The molecule has 1 saturated heterocycles. The van der Waals surface area contributed by atoms with E-state index in [-0.39, 0.29) is 35.9 Å². The lowest BCUT2D eigenvalue weighted by Gasteiger charge is -2.34. The van der Waals surface area contributed by atoms with Crippen LogP contribution in [0.4, 0.5) is 0 Å². The number of aryl methyl sites for hydroxylation is 1. The number of nitrogens with one attached hydrogen (secondary N) is 1. The zero-order chi connectivity index (χ0) is 18.2. The van der Waals surface area contributed by atoms with Crippen molar-refractivity contribution in [2.45, 2.75) is 33.2 Å². The Kier molecular flexibility index (Phi) is 9.75. The van der Waals surface area contributed by atoms with Gasteiger partial charge in [-0.1, -0.05) is 12.1 Å². The van der Waals surface area contributed by atoms with E-state index < -0.39 is 0 Å². The number of piperidine rings is 1. The standard InChI is InChI=1S/C19H29N3O3.HI/c1-5-25-18(23)16-7-6-10-22(13-16)19(20-3)21-12-15-9-8-14(2)17(11-15)24-4;/h8-9,11,16H,5-7,10,12-13H2,1-4H3,(H,20,21);1H. The maximum absolute atomic E-state index is 12.0. The molecule has 1 N–H and O–H groups in total. The molecule has 7 heteroatoms. The van der Waals surface area contributed by atoms with Crippen LogP contribution in [0.5, 0.6) is 5.75 Å². The van der Waals surface area contributed by atoms with Gasteiger partial charge in [0.1, 0.15) is 5.75 Å². The van der Waals surface area contributed by atoms with E-state index in [1.807, 2.05) is 19.9 Å². The molecule has 1 aliphatic heterocycles. The highest BCUT2D eigenvalue weighted by Crippen LogP contribution is 2.20. The zero-order valence-electron chi connectivity index (χ0n) is 16.1. The van der Waals surface area contributed by atoms with Gasteiger partial charge in [-0.15, -0.1) is 24.0 Å². The van der Waals surface area contributed by atoms with Crippen LogP contribution in [0.15, 0.2) is 23.2 Å². The number of hydrogen-bond donors (Lipinski definition) is 1. The van der Waals surface area contributed by atoms with Gasteiger partial charge in [-0.05, 0) is 43.9 Å². The summed E-state index contributed by atoms with van der Waals surface area (Å²) < 4.78 is 10.5. The smallest absolute Gasteiger partial charge is 0.310 e. The maximum atomic E-state index is 12.0. The molecule has 0 saturated carbocycles. The average Bonchev–Trinajstić information content (AvgIpc) is 2.64. The molecule has 1 aliphatic rings. The summed E-state index contributed by atoms with van der Waals surface area (Å²) in [6, 6.07) is 6.17. The van der Waals surface area contributed by atoms with Crippen molar-refractivity contribution in [3.63, 3.8) is 0 Å². The van der Waals surface area contributed by atoms with Gasteiger partial charge in [0.05, 0.1) is 19.6 Å². The number of carbonyl (C=O) groups is 1. The van der Waals surface area contributed by atoms with Crippen molar-refractivity contribution in [2.75, 3.05) is 33.9 Å². The predicted octanol–water partition coefficient (Wildman–Crippen LogP) is 2.97. The number of carbonyl (C=O) groups excluding carboxylic acids is 1. The van der Waals surface area contributed by atoms with Gasteiger partial charge >= 0.3 is 5.97 Å². The number of guanidine groups is 1. The molecule has 1 unspecified atom stereocenters. The van der Waals surface area contributed by atoms with Crippen LogP contribution in [0, 0.1) is 12.8 Å². The molecule has 146 valence electrons. The first-order valence-corrected chi connectivity index (χ1v) is 8.84. The van der Waals surface area contributed by atoms with Crippen molar-refractivity contribution in [1.29, 1.82) is 0 Å². The molecule has 1 heterocycles. The summed E-state index contributed by atoms with van der Waals surface area (Å²) in [7, 11) is 3.45. The summed E-state index contributed by atoms with van der Waals surface area (Å²) >= 11 is 0. The highest BCUT2D eigenvalue weighted by molar-refractivity contribution is 14.0. The van der Waals surface area contributed by atoms with Gasteiger partial charge in [-0.2, -0.15) is 0 Å². The van der Waals surface area contributed by atoms with Crippen molar-refractivity contribution in [2.24, 2.45) is 10.9 Å². The van der Waals surface area contributed by atoms with Crippen molar-refractivity contribution >= 4 is 35.9 Å². The highest BCUT2D eigenvalue weighted by Gasteiger charge is 2.28. The van der Waals surface area contributed by atoms with E-state index in [4.69, 9.17) is 9.47 Å². The Bertz CT molecular complexity index is 622. The topological polar surface area (TPSA) is 63.2 Å². The molecule has 0 bridgehead atoms. The minimum Gasteiger partial charge on any atom is -0.496 e. The number of nitrogens with zero attached hydrogens (tertiary/aromatic N) is 2. The summed E-state index contributed by atoms with van der Waals surface area (Å²) in [5, 5.41) is 3.39. The number of rotatable bonds is 5. The Hall–Kier alpha value is -1.51. The second kappa shape index (κ2) is 11.3. The molecule has 1 fully saturated rings. The SMILES string of the molecule is CCOC(=O)C1CCCN(C(=NC)NCc2ccc(C)c(OC)c2)C1.I. The van der Waals surface area contributed by atoms with E-state index in [0.717, 1.165) is 42.2 Å². The zero-order valence-corrected chi connectivity index (χ0v) is 18.4. The molecule has 6 nitrogen and oxygen atoms in total. The Labute approximate surface area is 173 Å². The van der Waals surface area contributed by atoms with Crippen LogP contribution < -0.4 is 10.1 Å². The molecule has 0 amide bonds. The molecule has 1 atom stereocenters. The fourth-order valence-electron chi connectivity index (χ4n) is 3.11. The number of methoxy groups -OCH3 is 1. The average molecular weight is 475 g/mol. The van der Waals surface area contributed by atoms with E-state index in [1.165, 1.54) is 0 Å². The lowest BCUT2D eigenvalue weighted by atomic mass is 9.98. The number of aliphatic imine (C=N–C) groups is 1. The summed E-state index contributed by atoms with van der Waals surface area (Å²) in [6.07, 6.45) is 1.84. The number of ether oxygens (including phenoxy) is 2. The minimum absolute atomic E-state index is 0. The summed E-state index contributed by atoms with van der Waals surface area (Å²) in [5.74, 6) is 1.51. The molecule has 0 aliphatic carbocycles. The third kappa shape index (κ3) is 6.03. The Morgan fingerprint density at radius 3 is 2.85 bits per heavy atom. The van der Waals surface area contributed by atoms with Crippen LogP contribution in [-0.2, 0) is 16.1 Å². The van der Waals surface area contributed by atoms with E-state index in [0.29, 0.717) is 19.7 Å². The second-order valence-electron chi connectivity index (χ2n) is 6.24. The predicted molar refractivity (Wildman–Crippen MR) is 114 cm³/mol. The molecule has 0 spiro atoms. The Balaban J connectivity index is 0.00000338. The van der Waals surface area contributed by atoms with Gasteiger partial charge in [0.25, 0.3) is 0 Å². The lowest BCUT2D eigenvalue weighted by Crippen LogP contribution is -2.48. The van der Waals surface area contributed by atoms with Crippen LogP contribution >= 0.6 is 24.0 Å². The van der Waals surface area contributed by atoms with Crippen molar-refractivity contribution in [3.05, 3.63) is 29.3 Å². The number of likely N-dealkylation sites (tertiary alicyclic amines) is 1. The fourth-order valence-corrected chi connectivity index (χ4v) is 3.11. The lowest BCUT2D eigenvalue weighted by molar-refractivity contribution is -0.149. The monoisotopic (exact) mass is 475 g/mol. The number of hydrogen-bond acceptors (Lipinski definition) is 4. The largest absolute Gasteiger partial charge is 0.496 e. The summed E-state index contributed by atoms with van der Waals surface area (Å²) in [5.41, 5.74) is 2.24. The van der Waals surface area contributed by atoms with E-state index in [1.54, 1.807) is 14.2 Å². The van der Waals surface area contributed by atoms with E-state index in [9.17, 15) is 4.79 Å². The summed E-state index contributed by atoms with van der Waals surface area (Å²) in [6.45, 7) is 6.50. The van der Waals surface area contributed by atoms with Crippen molar-refractivity contribution < 1.29 is 14.3 Å². The van der Waals surface area contributed by atoms with Gasteiger partial charge in [0.15, 0.2) is 5.96 Å². The van der Waals surface area contributed by atoms with Crippen LogP contribution in [0.25, 0.3) is 0 Å². The first-order valence-electron chi connectivity index (χ1n) is 8.84. The van der Waals surface area contributed by atoms with E-state index >= 15 is 0 Å². The van der Waals surface area contributed by atoms with Gasteiger partial charge in [0, 0.05) is 26.7 Å². The molecule has 1 aromatic carbocycles. The summed E-state index contributed by atoms with van der Waals surface area (Å²) in [4.78, 5) is 18.5. The molecule has 2 rings (SSSR count). The van der Waals surface area contributed by atoms with E-state index in [2.05, 4.69) is 27.3 Å². The van der Waals surface area contributed by atoms with Crippen LogP contribution in [0.1, 0.15) is 30.9 Å². The number of benzene rings is 1. The normalized spacial score (nSPS) is 17.3. The molecular weight excluding hydrogens is 445 g/mol. The molecule has 0 aromatic heterocycles. The van der Waals surface area contributed by atoms with Gasteiger partial charge in [-0.25, -0.2) is 0 Å². The number of halogens is 1. The van der Waals surface area contributed by atoms with Gasteiger partial charge < -0.3 is 19.7 Å². The molecule has 0 radical (unpaired) electrons. The quantitative estimate of drug-likeness (QED) is 0.307. The molecule has 26 heavy (non-hydrogen) atoms. The first-order chi connectivity index (χ1) is 12.1. The third-order valence-corrected chi connectivity index (χ3v) is 4.48. The minimum atomic E-state index is -0.106. The van der Waals surface area contributed by atoms with Crippen LogP contribution in [0.2, 0.25) is 0 Å². The Morgan fingerprint density at radius 2 is 2.19 bits per heavy atom. The fraction of sp³-hybridized carbons (Fsp3) is 0.579. The molecular formula is C19H30IN3O3. The first kappa shape index (κ1) is 22.5. The van der Waals surface area contributed by atoms with Gasteiger partial charge in [-0.3, -0.25) is 9.79 Å².